The second kappa shape index (κ2) is 6.26. The van der Waals surface area contributed by atoms with Crippen LogP contribution < -0.4 is 5.32 Å². The lowest BCUT2D eigenvalue weighted by atomic mass is 10.2. The third-order valence-electron chi connectivity index (χ3n) is 3.16. The van der Waals surface area contributed by atoms with Gasteiger partial charge in [0.2, 0.25) is 0 Å². The van der Waals surface area contributed by atoms with Crippen LogP contribution in [0.5, 0.6) is 0 Å². The Hall–Kier alpha value is -1.56. The molecule has 1 aromatic rings. The SMILES string of the molecule is CCCN(C(=O)Nc1ccc(Br)c(C(=O)O)c1)C1CC1. The van der Waals surface area contributed by atoms with E-state index >= 15 is 0 Å². The Morgan fingerprint density at radius 3 is 2.70 bits per heavy atom. The molecule has 6 heteroatoms. The number of hydrogen-bond acceptors (Lipinski definition) is 2. The van der Waals surface area contributed by atoms with Gasteiger partial charge in [0.1, 0.15) is 0 Å². The maximum Gasteiger partial charge on any atom is 0.336 e. The van der Waals surface area contributed by atoms with Gasteiger partial charge in [-0.15, -0.1) is 0 Å². The standard InChI is InChI=1S/C14H17BrN2O3/c1-2-7-17(10-4-5-10)14(20)16-9-3-6-12(15)11(8-9)13(18)19/h3,6,8,10H,2,4-5,7H2,1H3,(H,16,20)(H,18,19). The van der Waals surface area contributed by atoms with Crippen LogP contribution >= 0.6 is 15.9 Å². The Labute approximate surface area is 126 Å². The summed E-state index contributed by atoms with van der Waals surface area (Å²) < 4.78 is 0.496. The van der Waals surface area contributed by atoms with E-state index in [0.29, 0.717) is 16.2 Å². The number of amides is 2. The fourth-order valence-electron chi connectivity index (χ4n) is 2.04. The van der Waals surface area contributed by atoms with E-state index in [4.69, 9.17) is 5.11 Å². The number of benzene rings is 1. The first kappa shape index (κ1) is 14.8. The van der Waals surface area contributed by atoms with Crippen molar-refractivity contribution in [3.63, 3.8) is 0 Å². The number of anilines is 1. The smallest absolute Gasteiger partial charge is 0.336 e. The number of urea groups is 1. The molecule has 0 heterocycles. The van der Waals surface area contributed by atoms with Crippen LogP contribution in [0, 0.1) is 0 Å². The number of carboxylic acid groups (broad SMARTS) is 1. The van der Waals surface area contributed by atoms with E-state index in [9.17, 15) is 9.59 Å². The van der Waals surface area contributed by atoms with Crippen molar-refractivity contribution in [2.75, 3.05) is 11.9 Å². The maximum atomic E-state index is 12.2. The number of nitrogens with one attached hydrogen (secondary N) is 1. The molecule has 2 N–H and O–H groups in total. The van der Waals surface area contributed by atoms with Crippen molar-refractivity contribution in [3.8, 4) is 0 Å². The van der Waals surface area contributed by atoms with Crippen LogP contribution in [0.15, 0.2) is 22.7 Å². The molecule has 0 saturated heterocycles. The third-order valence-corrected chi connectivity index (χ3v) is 3.85. The van der Waals surface area contributed by atoms with Gasteiger partial charge in [0.15, 0.2) is 0 Å². The normalized spacial score (nSPS) is 13.9. The number of carbonyl (C=O) groups is 2. The Kier molecular flexibility index (Phi) is 4.65. The van der Waals surface area contributed by atoms with Gasteiger partial charge in [-0.3, -0.25) is 0 Å². The summed E-state index contributed by atoms with van der Waals surface area (Å²) >= 11 is 3.18. The molecule has 0 atom stereocenters. The molecule has 0 bridgehead atoms. The minimum Gasteiger partial charge on any atom is -0.478 e. The van der Waals surface area contributed by atoms with Crippen LogP contribution in [0.3, 0.4) is 0 Å². The summed E-state index contributed by atoms with van der Waals surface area (Å²) in [5.41, 5.74) is 0.633. The van der Waals surface area contributed by atoms with Crippen LogP contribution in [0.4, 0.5) is 10.5 Å². The van der Waals surface area contributed by atoms with Crippen LogP contribution in [-0.4, -0.2) is 34.6 Å². The van der Waals surface area contributed by atoms with E-state index in [1.807, 2.05) is 11.8 Å². The highest BCUT2D eigenvalue weighted by Gasteiger charge is 2.31. The zero-order chi connectivity index (χ0) is 14.7. The number of rotatable bonds is 5. The monoisotopic (exact) mass is 340 g/mol. The van der Waals surface area contributed by atoms with Crippen molar-refractivity contribution in [2.45, 2.75) is 32.2 Å². The fourth-order valence-corrected chi connectivity index (χ4v) is 2.46. The molecule has 5 nitrogen and oxygen atoms in total. The second-order valence-corrected chi connectivity index (χ2v) is 5.71. The Bertz CT molecular complexity index is 529. The number of hydrogen-bond donors (Lipinski definition) is 2. The van der Waals surface area contributed by atoms with Crippen molar-refractivity contribution in [1.29, 1.82) is 0 Å². The Morgan fingerprint density at radius 1 is 1.45 bits per heavy atom. The van der Waals surface area contributed by atoms with Crippen molar-refractivity contribution in [2.24, 2.45) is 0 Å². The molecule has 1 fully saturated rings. The summed E-state index contributed by atoms with van der Waals surface area (Å²) in [7, 11) is 0. The van der Waals surface area contributed by atoms with Crippen LogP contribution in [0.1, 0.15) is 36.5 Å². The third kappa shape index (κ3) is 3.50. The highest BCUT2D eigenvalue weighted by molar-refractivity contribution is 9.10. The first-order valence-corrected chi connectivity index (χ1v) is 7.42. The quantitative estimate of drug-likeness (QED) is 0.860. The van der Waals surface area contributed by atoms with E-state index in [1.165, 1.54) is 6.07 Å². The molecular weight excluding hydrogens is 324 g/mol. The predicted octanol–water partition coefficient (Wildman–Crippen LogP) is 3.55. The van der Waals surface area contributed by atoms with Crippen molar-refractivity contribution in [3.05, 3.63) is 28.2 Å². The van der Waals surface area contributed by atoms with E-state index < -0.39 is 5.97 Å². The van der Waals surface area contributed by atoms with Crippen molar-refractivity contribution in [1.82, 2.24) is 4.90 Å². The van der Waals surface area contributed by atoms with Gasteiger partial charge in [-0.2, -0.15) is 0 Å². The van der Waals surface area contributed by atoms with Gasteiger partial charge in [0.25, 0.3) is 0 Å². The Balaban J connectivity index is 2.10. The molecule has 20 heavy (non-hydrogen) atoms. The van der Waals surface area contributed by atoms with Gasteiger partial charge >= 0.3 is 12.0 Å². The second-order valence-electron chi connectivity index (χ2n) is 4.85. The average Bonchev–Trinajstić information content (AvgIpc) is 3.22. The zero-order valence-electron chi connectivity index (χ0n) is 11.2. The molecule has 1 aromatic carbocycles. The molecule has 0 radical (unpaired) electrons. The summed E-state index contributed by atoms with van der Waals surface area (Å²) in [6, 6.07) is 4.95. The summed E-state index contributed by atoms with van der Waals surface area (Å²) in [6.45, 7) is 2.75. The van der Waals surface area contributed by atoms with Gasteiger partial charge in [-0.1, -0.05) is 6.92 Å². The van der Waals surface area contributed by atoms with E-state index in [-0.39, 0.29) is 11.6 Å². The molecule has 1 aliphatic carbocycles. The minimum absolute atomic E-state index is 0.135. The molecule has 1 saturated carbocycles. The average molecular weight is 341 g/mol. The van der Waals surface area contributed by atoms with Crippen LogP contribution in [-0.2, 0) is 0 Å². The van der Waals surface area contributed by atoms with Gasteiger partial charge in [-0.05, 0) is 53.4 Å². The lowest BCUT2D eigenvalue weighted by Crippen LogP contribution is -2.37. The van der Waals surface area contributed by atoms with Gasteiger partial charge < -0.3 is 15.3 Å². The number of carbonyl (C=O) groups excluding carboxylic acids is 1. The van der Waals surface area contributed by atoms with Crippen molar-refractivity contribution >= 4 is 33.6 Å². The zero-order valence-corrected chi connectivity index (χ0v) is 12.8. The molecule has 2 amide bonds. The molecule has 108 valence electrons. The molecule has 0 spiro atoms. The highest BCUT2D eigenvalue weighted by atomic mass is 79.9. The molecule has 0 aliphatic heterocycles. The van der Waals surface area contributed by atoms with E-state index in [2.05, 4.69) is 21.2 Å². The van der Waals surface area contributed by atoms with Gasteiger partial charge in [-0.25, -0.2) is 9.59 Å². The molecule has 2 rings (SSSR count). The first-order valence-electron chi connectivity index (χ1n) is 6.63. The van der Waals surface area contributed by atoms with E-state index in [1.54, 1.807) is 12.1 Å². The largest absolute Gasteiger partial charge is 0.478 e. The summed E-state index contributed by atoms with van der Waals surface area (Å²) in [6.07, 6.45) is 3.01. The fraction of sp³-hybridized carbons (Fsp3) is 0.429. The van der Waals surface area contributed by atoms with Crippen LogP contribution in [0.2, 0.25) is 0 Å². The van der Waals surface area contributed by atoms with Crippen molar-refractivity contribution < 1.29 is 14.7 Å². The minimum atomic E-state index is -1.03. The molecule has 1 aliphatic rings. The molecular formula is C14H17BrN2O3. The molecule has 0 aromatic heterocycles. The summed E-state index contributed by atoms with van der Waals surface area (Å²) in [5, 5.41) is 11.8. The van der Waals surface area contributed by atoms with E-state index in [0.717, 1.165) is 25.8 Å². The van der Waals surface area contributed by atoms with Crippen LogP contribution in [0.25, 0.3) is 0 Å². The highest BCUT2D eigenvalue weighted by Crippen LogP contribution is 2.28. The maximum absolute atomic E-state index is 12.2. The van der Waals surface area contributed by atoms with Gasteiger partial charge in [0, 0.05) is 22.7 Å². The lowest BCUT2D eigenvalue weighted by molar-refractivity contribution is 0.0696. The number of carboxylic acids is 1. The summed E-state index contributed by atoms with van der Waals surface area (Å²) in [5.74, 6) is -1.03. The number of nitrogens with zero attached hydrogens (tertiary/aromatic N) is 1. The first-order chi connectivity index (χ1) is 9.52. The number of aromatic carboxylic acids is 1. The topological polar surface area (TPSA) is 69.6 Å². The molecule has 0 unspecified atom stereocenters. The number of halogens is 1. The Morgan fingerprint density at radius 2 is 2.15 bits per heavy atom. The summed E-state index contributed by atoms with van der Waals surface area (Å²) in [4.78, 5) is 25.1. The predicted molar refractivity (Wildman–Crippen MR) is 80.1 cm³/mol. The van der Waals surface area contributed by atoms with Gasteiger partial charge in [0.05, 0.1) is 5.56 Å². The lowest BCUT2D eigenvalue weighted by Gasteiger charge is -2.22.